The molecule has 5 heteroatoms. The Balaban J connectivity index is 1.03. The van der Waals surface area contributed by atoms with Crippen molar-refractivity contribution in [1.29, 1.82) is 0 Å². The van der Waals surface area contributed by atoms with Crippen LogP contribution in [0.1, 0.15) is 22.3 Å². The fourth-order valence-corrected chi connectivity index (χ4v) is 9.06. The molecule has 1 spiro atoms. The van der Waals surface area contributed by atoms with Crippen LogP contribution in [0.5, 0.6) is 0 Å². The third-order valence-corrected chi connectivity index (χ3v) is 11.4. The number of hydrogen-bond acceptors (Lipinski definition) is 5. The van der Waals surface area contributed by atoms with Gasteiger partial charge < -0.3 is 8.83 Å². The van der Waals surface area contributed by atoms with Gasteiger partial charge in [0.25, 0.3) is 0 Å². The molecule has 0 atom stereocenters. The molecule has 10 aromatic rings. The molecule has 0 bridgehead atoms. The van der Waals surface area contributed by atoms with Crippen LogP contribution >= 0.6 is 0 Å². The van der Waals surface area contributed by atoms with Gasteiger partial charge in [-0.2, -0.15) is 0 Å². The number of para-hydroxylation sites is 4. The molecule has 0 saturated heterocycles. The molecular formula is C50H29N3O2. The minimum atomic E-state index is -0.414. The molecule has 0 fully saturated rings. The van der Waals surface area contributed by atoms with Crippen molar-refractivity contribution in [3.8, 4) is 67.4 Å². The average Bonchev–Trinajstić information content (AvgIpc) is 4.02. The summed E-state index contributed by atoms with van der Waals surface area (Å²) in [5, 5.41) is 0. The number of fused-ring (bicyclic) bond motifs is 12. The zero-order valence-corrected chi connectivity index (χ0v) is 29.4. The highest BCUT2D eigenvalue weighted by atomic mass is 16.4. The van der Waals surface area contributed by atoms with Crippen molar-refractivity contribution in [3.63, 3.8) is 0 Å². The summed E-state index contributed by atoms with van der Waals surface area (Å²) in [6.45, 7) is 0. The third kappa shape index (κ3) is 4.32. The Hall–Kier alpha value is -7.37. The van der Waals surface area contributed by atoms with Crippen molar-refractivity contribution >= 4 is 22.2 Å². The van der Waals surface area contributed by atoms with Gasteiger partial charge in [-0.1, -0.05) is 109 Å². The summed E-state index contributed by atoms with van der Waals surface area (Å²) in [6.07, 6.45) is 3.88. The Morgan fingerprint density at radius 1 is 0.345 bits per heavy atom. The molecule has 0 saturated carbocycles. The van der Waals surface area contributed by atoms with Crippen molar-refractivity contribution < 1.29 is 8.83 Å². The maximum absolute atomic E-state index is 6.28. The largest absolute Gasteiger partial charge is 0.436 e. The molecule has 12 rings (SSSR count). The lowest BCUT2D eigenvalue weighted by atomic mass is 9.70. The van der Waals surface area contributed by atoms with E-state index in [0.29, 0.717) is 11.8 Å². The number of hydrogen-bond donors (Lipinski definition) is 0. The molecule has 2 aliphatic rings. The monoisotopic (exact) mass is 703 g/mol. The van der Waals surface area contributed by atoms with Gasteiger partial charge in [0, 0.05) is 34.6 Å². The lowest BCUT2D eigenvalue weighted by Crippen LogP contribution is -2.25. The highest BCUT2D eigenvalue weighted by Gasteiger charge is 2.51. The topological polar surface area (TPSA) is 65.0 Å². The van der Waals surface area contributed by atoms with Crippen LogP contribution in [0.15, 0.2) is 185 Å². The van der Waals surface area contributed by atoms with Gasteiger partial charge in [0.05, 0.1) is 5.41 Å². The molecule has 2 aliphatic carbocycles. The van der Waals surface area contributed by atoms with E-state index in [4.69, 9.17) is 23.8 Å². The number of rotatable bonds is 4. The summed E-state index contributed by atoms with van der Waals surface area (Å²) < 4.78 is 12.6. The van der Waals surface area contributed by atoms with Crippen LogP contribution in [-0.2, 0) is 5.41 Å². The van der Waals surface area contributed by atoms with E-state index in [9.17, 15) is 0 Å². The van der Waals surface area contributed by atoms with Crippen molar-refractivity contribution in [2.75, 3.05) is 0 Å². The summed E-state index contributed by atoms with van der Waals surface area (Å²) in [6, 6.07) is 57.8. The predicted octanol–water partition coefficient (Wildman–Crippen LogP) is 12.4. The van der Waals surface area contributed by atoms with E-state index in [1.165, 1.54) is 44.5 Å². The van der Waals surface area contributed by atoms with E-state index in [-0.39, 0.29) is 0 Å². The first-order chi connectivity index (χ1) is 27.2. The summed E-state index contributed by atoms with van der Waals surface area (Å²) in [7, 11) is 0. The normalized spacial score (nSPS) is 13.2. The predicted molar refractivity (Wildman–Crippen MR) is 217 cm³/mol. The molecule has 3 aromatic heterocycles. The van der Waals surface area contributed by atoms with Crippen LogP contribution < -0.4 is 0 Å². The number of benzene rings is 7. The van der Waals surface area contributed by atoms with Crippen molar-refractivity contribution in [2.45, 2.75) is 5.41 Å². The van der Waals surface area contributed by atoms with Gasteiger partial charge >= 0.3 is 0 Å². The average molecular weight is 704 g/mol. The molecule has 55 heavy (non-hydrogen) atoms. The second-order valence-electron chi connectivity index (χ2n) is 14.4. The van der Waals surface area contributed by atoms with Gasteiger partial charge in [0.2, 0.25) is 11.8 Å². The van der Waals surface area contributed by atoms with Gasteiger partial charge in [-0.05, 0) is 110 Å². The van der Waals surface area contributed by atoms with Crippen LogP contribution in [0.4, 0.5) is 0 Å². The zero-order chi connectivity index (χ0) is 36.1. The van der Waals surface area contributed by atoms with E-state index in [1.54, 1.807) is 0 Å². The highest BCUT2D eigenvalue weighted by Crippen LogP contribution is 2.63. The molecule has 0 amide bonds. The molecule has 5 nitrogen and oxygen atoms in total. The summed E-state index contributed by atoms with van der Waals surface area (Å²) in [5.74, 6) is 1.07. The van der Waals surface area contributed by atoms with Gasteiger partial charge in [-0.15, -0.1) is 0 Å². The fourth-order valence-electron chi connectivity index (χ4n) is 9.06. The molecule has 256 valence electrons. The molecule has 3 heterocycles. The Kier molecular flexibility index (Phi) is 6.20. The third-order valence-electron chi connectivity index (χ3n) is 11.4. The lowest BCUT2D eigenvalue weighted by Gasteiger charge is -2.30. The van der Waals surface area contributed by atoms with E-state index in [1.807, 2.05) is 67.0 Å². The fraction of sp³-hybridized carbons (Fsp3) is 0.0200. The molecule has 7 aromatic carbocycles. The van der Waals surface area contributed by atoms with Crippen LogP contribution in [0.3, 0.4) is 0 Å². The van der Waals surface area contributed by atoms with Crippen molar-refractivity contribution in [3.05, 3.63) is 198 Å². The Bertz CT molecular complexity index is 2970. The minimum Gasteiger partial charge on any atom is -0.436 e. The summed E-state index contributed by atoms with van der Waals surface area (Å²) in [4.78, 5) is 14.5. The van der Waals surface area contributed by atoms with Crippen molar-refractivity contribution in [2.24, 2.45) is 0 Å². The minimum absolute atomic E-state index is 0.414. The van der Waals surface area contributed by atoms with E-state index < -0.39 is 5.41 Å². The Morgan fingerprint density at radius 3 is 1.33 bits per heavy atom. The first kappa shape index (κ1) is 30.1. The second-order valence-corrected chi connectivity index (χ2v) is 14.4. The van der Waals surface area contributed by atoms with Crippen LogP contribution in [0, 0.1) is 0 Å². The molecule has 0 N–H and O–H groups in total. The zero-order valence-electron chi connectivity index (χ0n) is 29.4. The molecule has 0 aliphatic heterocycles. The maximum atomic E-state index is 6.28. The van der Waals surface area contributed by atoms with Gasteiger partial charge in [0.15, 0.2) is 11.2 Å². The van der Waals surface area contributed by atoms with Crippen LogP contribution in [-0.4, -0.2) is 15.0 Å². The van der Waals surface area contributed by atoms with Gasteiger partial charge in [-0.25, -0.2) is 9.97 Å². The SMILES string of the molecule is c1ccc2c(c1)-c1ccccc1C21c2ccccc2-c2ccc(-c3cncc(-c4cc(-c5nc6ccccc6o5)cc(-c5nc6ccccc6o5)c4)c3)cc21. The highest BCUT2D eigenvalue weighted by molar-refractivity contribution is 5.96. The molecule has 0 radical (unpaired) electrons. The number of nitrogens with zero attached hydrogens (tertiary/aromatic N) is 3. The van der Waals surface area contributed by atoms with Crippen LogP contribution in [0.25, 0.3) is 89.6 Å². The maximum Gasteiger partial charge on any atom is 0.227 e. The lowest BCUT2D eigenvalue weighted by molar-refractivity contribution is 0.617. The van der Waals surface area contributed by atoms with Gasteiger partial charge in [0.1, 0.15) is 11.0 Å². The quantitative estimate of drug-likeness (QED) is 0.183. The van der Waals surface area contributed by atoms with Crippen molar-refractivity contribution in [1.82, 2.24) is 15.0 Å². The molecule has 0 unspecified atom stereocenters. The number of aromatic nitrogens is 3. The smallest absolute Gasteiger partial charge is 0.227 e. The Labute approximate surface area is 316 Å². The van der Waals surface area contributed by atoms with Gasteiger partial charge in [-0.3, -0.25) is 4.98 Å². The number of oxazole rings is 2. The van der Waals surface area contributed by atoms with E-state index >= 15 is 0 Å². The summed E-state index contributed by atoms with van der Waals surface area (Å²) in [5.41, 5.74) is 18.8. The second kappa shape index (κ2) is 11.3. The summed E-state index contributed by atoms with van der Waals surface area (Å²) >= 11 is 0. The number of pyridine rings is 1. The molecular weight excluding hydrogens is 675 g/mol. The standard InChI is InChI=1S/C50H29N3O2/c1-4-14-40-36(11-1)37-12-2-5-15-41(37)50(40)42-16-6-3-13-38(42)39-22-21-30(27-43(39)50)34-26-35(29-51-28-34)31-23-32(48-52-44-17-7-9-19-46(44)54-48)25-33(24-31)49-53-45-18-8-10-20-47(45)55-49/h1-29H. The first-order valence-corrected chi connectivity index (χ1v) is 18.5. The first-order valence-electron chi connectivity index (χ1n) is 18.5. The Morgan fingerprint density at radius 2 is 0.782 bits per heavy atom. The van der Waals surface area contributed by atoms with Crippen LogP contribution in [0.2, 0.25) is 0 Å². The van der Waals surface area contributed by atoms with E-state index in [2.05, 4.69) is 109 Å². The van der Waals surface area contributed by atoms with E-state index in [0.717, 1.165) is 55.6 Å².